The fraction of sp³-hybridized carbons (Fsp3) is 0.973. The Bertz CT molecular complexity index is 841. The van der Waals surface area contributed by atoms with Gasteiger partial charge in [-0.2, -0.15) is 0 Å². The van der Waals surface area contributed by atoms with Gasteiger partial charge in [0, 0.05) is 13.5 Å². The summed E-state index contributed by atoms with van der Waals surface area (Å²) in [6.45, 7) is 15.6. The monoisotopic (exact) mass is 792 g/mol. The van der Waals surface area contributed by atoms with E-state index < -0.39 is 73.2 Å². The molecule has 0 aliphatic carbocycles. The van der Waals surface area contributed by atoms with E-state index in [1.165, 1.54) is 84.0 Å². The molecule has 0 unspecified atom stereocenters. The van der Waals surface area contributed by atoms with E-state index in [2.05, 4.69) is 20.8 Å². The number of hydrogen-bond donors (Lipinski definition) is 0. The Kier molecular flexibility index (Phi) is 22.3. The minimum atomic E-state index is -1.79. The summed E-state index contributed by atoms with van der Waals surface area (Å²) in [4.78, 5) is 11.4. The molecule has 10 atom stereocenters. The summed E-state index contributed by atoms with van der Waals surface area (Å²) in [6, 6.07) is 0. The third kappa shape index (κ3) is 15.7. The van der Waals surface area contributed by atoms with Crippen molar-refractivity contribution in [1.82, 2.24) is 0 Å². The summed E-state index contributed by atoms with van der Waals surface area (Å²) < 4.78 is 44.6. The van der Waals surface area contributed by atoms with E-state index in [1.54, 1.807) is 29.6 Å². The van der Waals surface area contributed by atoms with Crippen molar-refractivity contribution in [2.75, 3.05) is 6.61 Å². The molecule has 48 heavy (non-hydrogen) atoms. The molecule has 3 fully saturated rings. The van der Waals surface area contributed by atoms with Crippen LogP contribution >= 0.6 is 0 Å². The first-order valence-corrected chi connectivity index (χ1v) is 23.1. The third-order valence-electron chi connectivity index (χ3n) is 9.08. The minimum absolute atomic E-state index is 0.149. The van der Waals surface area contributed by atoms with Gasteiger partial charge in [-0.05, 0) is 34.1 Å². The molecule has 280 valence electrons. The Morgan fingerprint density at radius 1 is 0.688 bits per heavy atom. The van der Waals surface area contributed by atoms with Crippen molar-refractivity contribution >= 4 is 27.1 Å². The van der Waals surface area contributed by atoms with Crippen molar-refractivity contribution in [2.45, 2.75) is 221 Å². The van der Waals surface area contributed by atoms with Crippen LogP contribution in [-0.4, -0.2) is 101 Å². The standard InChI is InChI=1S/C29H50O10.2C4H9.Sn/c1-7-8-9-10-11-12-13-14-15-16-17-33-28-26-25(38-29(5,6)39-26)24(19(3)35-28)37-27-22(32)21(31)23(18(2)34-27)36-20(4)30;2*1-3-4-2;/h18-19,21-28H,7-17H2,1-6H3;2*1,3-4H2,2H3;/q-2;;;+2/t18-,19-,21-,22+,23-,24-,25+,26+,27-,28+;;;/m0.../s1. The molecule has 3 rings (SSSR count). The number of unbranched alkanes of at least 4 members (excludes halogenated alkanes) is 11. The predicted octanol–water partition coefficient (Wildman–Crippen LogP) is 5.84. The quantitative estimate of drug-likeness (QED) is 0.0796. The average molecular weight is 792 g/mol. The molecule has 11 heteroatoms. The summed E-state index contributed by atoms with van der Waals surface area (Å²) in [7, 11) is 0. The van der Waals surface area contributed by atoms with Crippen LogP contribution in [0, 0.1) is 0 Å². The number of carbonyl (C=O) groups is 1. The second-order valence-corrected chi connectivity index (χ2v) is 18.4. The van der Waals surface area contributed by atoms with Gasteiger partial charge in [0.2, 0.25) is 0 Å². The molecule has 0 saturated carbocycles. The number of ether oxygens (including phenoxy) is 7. The van der Waals surface area contributed by atoms with Crippen molar-refractivity contribution in [1.29, 1.82) is 0 Å². The summed E-state index contributed by atoms with van der Waals surface area (Å²) in [6.07, 6.45) is 8.41. The predicted molar refractivity (Wildman–Crippen MR) is 183 cm³/mol. The number of hydrogen-bond acceptors (Lipinski definition) is 10. The van der Waals surface area contributed by atoms with Crippen molar-refractivity contribution in [3.63, 3.8) is 0 Å². The van der Waals surface area contributed by atoms with Gasteiger partial charge in [-0.15, -0.1) is 0 Å². The van der Waals surface area contributed by atoms with Gasteiger partial charge < -0.3 is 43.4 Å². The number of esters is 1. The zero-order valence-electron chi connectivity index (χ0n) is 31.4. The van der Waals surface area contributed by atoms with Gasteiger partial charge in [0.25, 0.3) is 0 Å². The molecule has 0 N–H and O–H groups in total. The maximum atomic E-state index is 12.8. The van der Waals surface area contributed by atoms with Crippen LogP contribution in [0.15, 0.2) is 0 Å². The van der Waals surface area contributed by atoms with E-state index in [4.69, 9.17) is 33.2 Å². The van der Waals surface area contributed by atoms with E-state index >= 15 is 0 Å². The normalized spacial score (nSPS) is 32.5. The topological polar surface area (TPSA) is 128 Å². The molecule has 0 aromatic carbocycles. The van der Waals surface area contributed by atoms with Crippen molar-refractivity contribution in [3.05, 3.63) is 0 Å². The van der Waals surface area contributed by atoms with E-state index in [0.717, 1.165) is 12.8 Å². The second kappa shape index (κ2) is 24.2. The van der Waals surface area contributed by atoms with Crippen LogP contribution in [0.4, 0.5) is 0 Å². The van der Waals surface area contributed by atoms with Crippen LogP contribution in [0.5, 0.6) is 0 Å². The summed E-state index contributed by atoms with van der Waals surface area (Å²) >= 11 is 0.149. The molecule has 0 radical (unpaired) electrons. The fourth-order valence-corrected chi connectivity index (χ4v) is 10.5. The molecule has 0 spiro atoms. The molecule has 3 saturated heterocycles. The zero-order chi connectivity index (χ0) is 35.5. The molecule has 0 amide bonds. The Hall–Kier alpha value is -0.0513. The van der Waals surface area contributed by atoms with Gasteiger partial charge in [-0.25, -0.2) is 0 Å². The van der Waals surface area contributed by atoms with E-state index in [0.29, 0.717) is 6.61 Å². The Balaban J connectivity index is 0.000000778. The van der Waals surface area contributed by atoms with Crippen LogP contribution < -0.4 is 10.2 Å². The van der Waals surface area contributed by atoms with Gasteiger partial charge in [0.1, 0.15) is 30.7 Å². The second-order valence-electron chi connectivity index (χ2n) is 14.1. The van der Waals surface area contributed by atoms with E-state index in [1.807, 2.05) is 6.92 Å². The molecule has 0 aromatic rings. The van der Waals surface area contributed by atoms with Crippen LogP contribution in [0.2, 0.25) is 8.87 Å². The average Bonchev–Trinajstić information content (AvgIpc) is 3.37. The molecular formula is C37H68O10Sn. The molecular weight excluding hydrogens is 723 g/mol. The van der Waals surface area contributed by atoms with Gasteiger partial charge in [0.15, 0.2) is 12.1 Å². The molecule has 3 heterocycles. The van der Waals surface area contributed by atoms with Gasteiger partial charge in [-0.3, -0.25) is 4.79 Å². The SMILES string of the molecule is CCCCCCCCCCCCO[C@@H]1O[C@@H](C)[C@H](O[C@@H]2O[C@@H](C)[C@H](OC(C)=O)[C@@H]([O-])[C@H]2[O-])[C@H]2OC(C)(C)O[C@@H]12.CCC[CH2][Sn+2][CH2]CCC. The summed E-state index contributed by atoms with van der Waals surface area (Å²) in [5.74, 6) is -1.54. The third-order valence-corrected chi connectivity index (χ3v) is 13.1. The van der Waals surface area contributed by atoms with Crippen LogP contribution in [0.3, 0.4) is 0 Å². The van der Waals surface area contributed by atoms with Gasteiger partial charge >= 0.3 is 75.5 Å². The fourth-order valence-electron chi connectivity index (χ4n) is 6.35. The maximum absolute atomic E-state index is 12.8. The van der Waals surface area contributed by atoms with E-state index in [9.17, 15) is 15.0 Å². The number of rotatable bonds is 21. The van der Waals surface area contributed by atoms with Crippen molar-refractivity contribution in [3.8, 4) is 0 Å². The summed E-state index contributed by atoms with van der Waals surface area (Å²) in [5.41, 5.74) is 0. The molecule has 10 nitrogen and oxygen atoms in total. The van der Waals surface area contributed by atoms with Crippen molar-refractivity contribution in [2.24, 2.45) is 0 Å². The molecule has 3 aliphatic rings. The van der Waals surface area contributed by atoms with Gasteiger partial charge in [-0.1, -0.05) is 76.9 Å². The zero-order valence-corrected chi connectivity index (χ0v) is 34.2. The van der Waals surface area contributed by atoms with Crippen molar-refractivity contribution < 1.29 is 48.2 Å². The molecule has 0 bridgehead atoms. The summed E-state index contributed by atoms with van der Waals surface area (Å²) in [5, 5.41) is 25.5. The first-order valence-electron chi connectivity index (χ1n) is 19.1. The van der Waals surface area contributed by atoms with Crippen LogP contribution in [0.25, 0.3) is 0 Å². The Labute approximate surface area is 302 Å². The number of carbonyl (C=O) groups excluding carboxylic acids is 1. The van der Waals surface area contributed by atoms with Gasteiger partial charge in [0.05, 0.1) is 12.2 Å². The Morgan fingerprint density at radius 2 is 1.19 bits per heavy atom. The first-order chi connectivity index (χ1) is 22.9. The number of fused-ring (bicyclic) bond motifs is 1. The molecule has 3 aliphatic heterocycles. The Morgan fingerprint density at radius 3 is 1.75 bits per heavy atom. The van der Waals surface area contributed by atoms with Crippen LogP contribution in [0.1, 0.15) is 145 Å². The van der Waals surface area contributed by atoms with Crippen LogP contribution in [-0.2, 0) is 38.0 Å². The van der Waals surface area contributed by atoms with E-state index in [-0.39, 0.29) is 21.1 Å². The molecule has 0 aromatic heterocycles. The first kappa shape index (κ1) is 44.1.